The van der Waals surface area contributed by atoms with Gasteiger partial charge in [0.25, 0.3) is 5.22 Å². The lowest BCUT2D eigenvalue weighted by molar-refractivity contribution is -0.113. The Morgan fingerprint density at radius 2 is 1.73 bits per heavy atom. The topological polar surface area (TPSA) is 68.0 Å². The van der Waals surface area contributed by atoms with E-state index in [4.69, 9.17) is 4.42 Å². The smallest absolute Gasteiger partial charge is 0.277 e. The van der Waals surface area contributed by atoms with Crippen molar-refractivity contribution >= 4 is 23.4 Å². The average molecular weight is 383 g/mol. The number of hydrogen-bond donors (Lipinski definition) is 1. The number of carbonyl (C=O) groups excluding carboxylic acids is 1. The van der Waals surface area contributed by atoms with E-state index >= 15 is 0 Å². The van der Waals surface area contributed by atoms with Gasteiger partial charge in [0.15, 0.2) is 17.5 Å². The van der Waals surface area contributed by atoms with E-state index in [0.717, 1.165) is 17.8 Å². The van der Waals surface area contributed by atoms with Gasteiger partial charge in [-0.1, -0.05) is 11.8 Å². The summed E-state index contributed by atoms with van der Waals surface area (Å²) in [6.45, 7) is 0. The van der Waals surface area contributed by atoms with Crippen LogP contribution in [0.2, 0.25) is 0 Å². The van der Waals surface area contributed by atoms with Crippen LogP contribution in [0.3, 0.4) is 0 Å². The number of amides is 1. The van der Waals surface area contributed by atoms with Crippen molar-refractivity contribution in [2.75, 3.05) is 11.1 Å². The standard InChI is InChI=1S/C16H9F4N3O2S/c17-9-3-1-8(2-4-9)15-22-23-16(25-15)26-7-12(24)21-11-6-5-10(18)13(19)14(11)20/h1-6H,7H2,(H,21,24). The SMILES string of the molecule is O=C(CSc1nnc(-c2ccc(F)cc2)o1)Nc1ccc(F)c(F)c1F. The van der Waals surface area contributed by atoms with Crippen LogP contribution >= 0.6 is 11.8 Å². The first kappa shape index (κ1) is 17.9. The summed E-state index contributed by atoms with van der Waals surface area (Å²) in [7, 11) is 0. The number of carbonyl (C=O) groups is 1. The lowest BCUT2D eigenvalue weighted by atomic mass is 10.2. The van der Waals surface area contributed by atoms with Crippen LogP contribution in [0.15, 0.2) is 46.0 Å². The molecule has 0 saturated heterocycles. The number of hydrogen-bond acceptors (Lipinski definition) is 5. The molecule has 1 aromatic heterocycles. The number of benzene rings is 2. The lowest BCUT2D eigenvalue weighted by Gasteiger charge is -2.06. The van der Waals surface area contributed by atoms with Crippen molar-refractivity contribution in [1.29, 1.82) is 0 Å². The van der Waals surface area contributed by atoms with Crippen molar-refractivity contribution in [1.82, 2.24) is 10.2 Å². The van der Waals surface area contributed by atoms with Crippen molar-refractivity contribution in [3.63, 3.8) is 0 Å². The normalized spacial score (nSPS) is 10.8. The molecule has 0 aliphatic heterocycles. The summed E-state index contributed by atoms with van der Waals surface area (Å²) in [5.74, 6) is -5.70. The fourth-order valence-electron chi connectivity index (χ4n) is 1.91. The molecule has 0 bridgehead atoms. The summed E-state index contributed by atoms with van der Waals surface area (Å²) in [6, 6.07) is 6.99. The van der Waals surface area contributed by atoms with Gasteiger partial charge >= 0.3 is 0 Å². The minimum Gasteiger partial charge on any atom is -0.411 e. The van der Waals surface area contributed by atoms with Crippen LogP contribution in [0.5, 0.6) is 0 Å². The fourth-order valence-corrected chi connectivity index (χ4v) is 2.48. The maximum atomic E-state index is 13.5. The fraction of sp³-hybridized carbons (Fsp3) is 0.0625. The predicted octanol–water partition coefficient (Wildman–Crippen LogP) is 4.02. The molecule has 0 fully saturated rings. The summed E-state index contributed by atoms with van der Waals surface area (Å²) in [5.41, 5.74) is 0.0195. The van der Waals surface area contributed by atoms with Crippen molar-refractivity contribution < 1.29 is 26.8 Å². The summed E-state index contributed by atoms with van der Waals surface area (Å²) < 4.78 is 57.7. The second-order valence-corrected chi connectivity index (χ2v) is 5.87. The number of nitrogens with one attached hydrogen (secondary N) is 1. The van der Waals surface area contributed by atoms with Gasteiger partial charge in [-0.15, -0.1) is 10.2 Å². The Morgan fingerprint density at radius 3 is 2.46 bits per heavy atom. The Kier molecular flexibility index (Phi) is 5.21. The van der Waals surface area contributed by atoms with Gasteiger partial charge in [-0.2, -0.15) is 0 Å². The van der Waals surface area contributed by atoms with E-state index < -0.39 is 34.9 Å². The predicted molar refractivity (Wildman–Crippen MR) is 85.4 cm³/mol. The molecule has 0 unspecified atom stereocenters. The second kappa shape index (κ2) is 7.56. The Hall–Kier alpha value is -2.88. The van der Waals surface area contributed by atoms with Crippen LogP contribution in [-0.4, -0.2) is 21.9 Å². The largest absolute Gasteiger partial charge is 0.411 e. The maximum absolute atomic E-state index is 13.5. The van der Waals surface area contributed by atoms with Crippen molar-refractivity contribution in [3.8, 4) is 11.5 Å². The highest BCUT2D eigenvalue weighted by molar-refractivity contribution is 7.99. The quantitative estimate of drug-likeness (QED) is 0.409. The van der Waals surface area contributed by atoms with E-state index in [2.05, 4.69) is 15.5 Å². The van der Waals surface area contributed by atoms with E-state index in [1.54, 1.807) is 0 Å². The summed E-state index contributed by atoms with van der Waals surface area (Å²) in [4.78, 5) is 11.8. The van der Waals surface area contributed by atoms with Crippen LogP contribution in [0, 0.1) is 23.3 Å². The van der Waals surface area contributed by atoms with Gasteiger partial charge < -0.3 is 9.73 Å². The average Bonchev–Trinajstić information content (AvgIpc) is 3.10. The number of halogens is 4. The number of anilines is 1. The molecule has 0 saturated carbocycles. The number of thioether (sulfide) groups is 1. The molecule has 10 heteroatoms. The zero-order chi connectivity index (χ0) is 18.7. The third-order valence-electron chi connectivity index (χ3n) is 3.13. The first-order chi connectivity index (χ1) is 12.4. The summed E-state index contributed by atoms with van der Waals surface area (Å²) >= 11 is 0.863. The maximum Gasteiger partial charge on any atom is 0.277 e. The molecule has 5 nitrogen and oxygen atoms in total. The zero-order valence-corrected chi connectivity index (χ0v) is 13.6. The molecular formula is C16H9F4N3O2S. The van der Waals surface area contributed by atoms with Crippen LogP contribution < -0.4 is 5.32 Å². The van der Waals surface area contributed by atoms with Crippen LogP contribution in [0.25, 0.3) is 11.5 Å². The van der Waals surface area contributed by atoms with Gasteiger partial charge in [0.05, 0.1) is 11.4 Å². The molecule has 0 atom stereocenters. The molecular weight excluding hydrogens is 374 g/mol. The molecule has 26 heavy (non-hydrogen) atoms. The number of nitrogens with zero attached hydrogens (tertiary/aromatic N) is 2. The molecule has 134 valence electrons. The molecule has 1 heterocycles. The van der Waals surface area contributed by atoms with Gasteiger partial charge in [-0.3, -0.25) is 4.79 Å². The Morgan fingerprint density at radius 1 is 1.00 bits per heavy atom. The van der Waals surface area contributed by atoms with Crippen LogP contribution in [0.4, 0.5) is 23.2 Å². The van der Waals surface area contributed by atoms with Crippen LogP contribution in [-0.2, 0) is 4.79 Å². The molecule has 0 aliphatic carbocycles. The molecule has 2 aromatic carbocycles. The highest BCUT2D eigenvalue weighted by Crippen LogP contribution is 2.24. The summed E-state index contributed by atoms with van der Waals surface area (Å²) in [6.07, 6.45) is 0. The second-order valence-electron chi connectivity index (χ2n) is 4.94. The van der Waals surface area contributed by atoms with Gasteiger partial charge in [0.2, 0.25) is 11.8 Å². The molecule has 0 spiro atoms. The summed E-state index contributed by atoms with van der Waals surface area (Å²) in [5, 5.41) is 9.68. The lowest BCUT2D eigenvalue weighted by Crippen LogP contribution is -2.15. The van der Waals surface area contributed by atoms with Crippen molar-refractivity contribution in [2.45, 2.75) is 5.22 Å². The minimum atomic E-state index is -1.67. The molecule has 0 radical (unpaired) electrons. The molecule has 1 N–H and O–H groups in total. The Labute approximate surface area is 148 Å². The van der Waals surface area contributed by atoms with Gasteiger partial charge in [0, 0.05) is 5.56 Å². The van der Waals surface area contributed by atoms with Gasteiger partial charge in [-0.25, -0.2) is 17.6 Å². The van der Waals surface area contributed by atoms with E-state index in [1.807, 2.05) is 0 Å². The number of aromatic nitrogens is 2. The van der Waals surface area contributed by atoms with E-state index in [0.29, 0.717) is 11.6 Å². The molecule has 1 amide bonds. The highest BCUT2D eigenvalue weighted by atomic mass is 32.2. The molecule has 3 aromatic rings. The third-order valence-corrected chi connectivity index (χ3v) is 3.95. The van der Waals surface area contributed by atoms with Gasteiger partial charge in [0.1, 0.15) is 5.82 Å². The highest BCUT2D eigenvalue weighted by Gasteiger charge is 2.16. The first-order valence-electron chi connectivity index (χ1n) is 7.09. The Bertz CT molecular complexity index is 947. The first-order valence-corrected chi connectivity index (χ1v) is 8.08. The molecule has 3 rings (SSSR count). The monoisotopic (exact) mass is 383 g/mol. The zero-order valence-electron chi connectivity index (χ0n) is 12.8. The van der Waals surface area contributed by atoms with Crippen molar-refractivity contribution in [3.05, 3.63) is 59.7 Å². The third kappa shape index (κ3) is 4.02. The van der Waals surface area contributed by atoms with Crippen molar-refractivity contribution in [2.24, 2.45) is 0 Å². The Balaban J connectivity index is 1.60. The van der Waals surface area contributed by atoms with Gasteiger partial charge in [-0.05, 0) is 36.4 Å². The van der Waals surface area contributed by atoms with E-state index in [9.17, 15) is 22.4 Å². The minimum absolute atomic E-state index is 0.0604. The molecule has 0 aliphatic rings. The number of rotatable bonds is 5. The van der Waals surface area contributed by atoms with Crippen LogP contribution in [0.1, 0.15) is 0 Å². The van der Waals surface area contributed by atoms with E-state index in [1.165, 1.54) is 24.3 Å². The van der Waals surface area contributed by atoms with E-state index in [-0.39, 0.29) is 16.9 Å².